The van der Waals surface area contributed by atoms with Crippen molar-refractivity contribution in [3.05, 3.63) is 42.1 Å². The zero-order valence-corrected chi connectivity index (χ0v) is 10.2. The van der Waals surface area contributed by atoms with Gasteiger partial charge in [-0.3, -0.25) is 0 Å². The highest BCUT2D eigenvalue weighted by atomic mass is 32.1. The molecule has 3 rings (SSSR count). The second-order valence-electron chi connectivity index (χ2n) is 3.96. The van der Waals surface area contributed by atoms with Gasteiger partial charge < -0.3 is 5.73 Å². The van der Waals surface area contributed by atoms with E-state index in [0.717, 1.165) is 16.1 Å². The highest BCUT2D eigenvalue weighted by Crippen LogP contribution is 2.30. The topological polar surface area (TPSA) is 51.8 Å². The molecular formula is C13H11N3S. The molecule has 17 heavy (non-hydrogen) atoms. The van der Waals surface area contributed by atoms with Crippen LogP contribution in [0.4, 0.5) is 5.82 Å². The van der Waals surface area contributed by atoms with Gasteiger partial charge >= 0.3 is 0 Å². The predicted molar refractivity (Wildman–Crippen MR) is 72.0 cm³/mol. The second kappa shape index (κ2) is 3.82. The molecule has 0 aliphatic heterocycles. The molecular weight excluding hydrogens is 230 g/mol. The summed E-state index contributed by atoms with van der Waals surface area (Å²) in [5.74, 6) is 0.533. The van der Waals surface area contributed by atoms with Crippen molar-refractivity contribution in [1.82, 2.24) is 9.97 Å². The maximum Gasteiger partial charge on any atom is 0.126 e. The first kappa shape index (κ1) is 10.2. The number of aryl methyl sites for hydroxylation is 1. The molecule has 2 heterocycles. The van der Waals surface area contributed by atoms with Gasteiger partial charge in [0.25, 0.3) is 0 Å². The van der Waals surface area contributed by atoms with Crippen molar-refractivity contribution in [2.45, 2.75) is 6.92 Å². The normalized spacial score (nSPS) is 10.9. The molecule has 0 bridgehead atoms. The van der Waals surface area contributed by atoms with E-state index in [4.69, 9.17) is 5.73 Å². The number of fused-ring (bicyclic) bond motifs is 1. The molecule has 2 N–H and O–H groups in total. The van der Waals surface area contributed by atoms with Crippen molar-refractivity contribution < 1.29 is 0 Å². The minimum Gasteiger partial charge on any atom is -0.384 e. The molecule has 84 valence electrons. The standard InChI is InChI=1S/C13H11N3S/c1-8-2-4-10-11(6-8)17-13(16-10)9-3-5-12(14)15-7-9/h2-7H,1H3,(H2,14,15). The van der Waals surface area contributed by atoms with Crippen molar-refractivity contribution >= 4 is 27.4 Å². The van der Waals surface area contributed by atoms with Crippen LogP contribution in [-0.4, -0.2) is 9.97 Å². The SMILES string of the molecule is Cc1ccc2nc(-c3ccc(N)nc3)sc2c1. The zero-order valence-electron chi connectivity index (χ0n) is 9.34. The Morgan fingerprint density at radius 2 is 2.06 bits per heavy atom. The summed E-state index contributed by atoms with van der Waals surface area (Å²) in [4.78, 5) is 8.68. The van der Waals surface area contributed by atoms with Crippen molar-refractivity contribution in [2.24, 2.45) is 0 Å². The van der Waals surface area contributed by atoms with Crippen LogP contribution in [0, 0.1) is 6.92 Å². The van der Waals surface area contributed by atoms with Crippen LogP contribution >= 0.6 is 11.3 Å². The second-order valence-corrected chi connectivity index (χ2v) is 4.99. The van der Waals surface area contributed by atoms with Gasteiger partial charge in [0.1, 0.15) is 10.8 Å². The molecule has 3 nitrogen and oxygen atoms in total. The molecule has 0 saturated carbocycles. The van der Waals surface area contributed by atoms with E-state index in [1.54, 1.807) is 23.6 Å². The third-order valence-corrected chi connectivity index (χ3v) is 3.64. The van der Waals surface area contributed by atoms with E-state index < -0.39 is 0 Å². The van der Waals surface area contributed by atoms with Gasteiger partial charge in [0.15, 0.2) is 0 Å². The number of hydrogen-bond acceptors (Lipinski definition) is 4. The van der Waals surface area contributed by atoms with Crippen LogP contribution in [0.15, 0.2) is 36.5 Å². The van der Waals surface area contributed by atoms with E-state index in [2.05, 4.69) is 35.1 Å². The quantitative estimate of drug-likeness (QED) is 0.711. The maximum atomic E-state index is 5.57. The molecule has 0 atom stereocenters. The molecule has 0 spiro atoms. The van der Waals surface area contributed by atoms with Crippen LogP contribution in [0.3, 0.4) is 0 Å². The molecule has 0 amide bonds. The lowest BCUT2D eigenvalue weighted by molar-refractivity contribution is 1.33. The largest absolute Gasteiger partial charge is 0.384 e. The summed E-state index contributed by atoms with van der Waals surface area (Å²) < 4.78 is 1.21. The fraction of sp³-hybridized carbons (Fsp3) is 0.0769. The first-order chi connectivity index (χ1) is 8.22. The first-order valence-corrected chi connectivity index (χ1v) is 6.13. The molecule has 0 aliphatic carbocycles. The van der Waals surface area contributed by atoms with Crippen LogP contribution in [0.25, 0.3) is 20.8 Å². The lowest BCUT2D eigenvalue weighted by Crippen LogP contribution is -1.88. The fourth-order valence-corrected chi connectivity index (χ4v) is 2.74. The highest BCUT2D eigenvalue weighted by Gasteiger charge is 2.06. The van der Waals surface area contributed by atoms with Crippen LogP contribution in [-0.2, 0) is 0 Å². The molecule has 3 aromatic rings. The van der Waals surface area contributed by atoms with Crippen molar-refractivity contribution in [3.63, 3.8) is 0 Å². The molecule has 4 heteroatoms. The fourth-order valence-electron chi connectivity index (χ4n) is 1.69. The molecule has 0 unspecified atom stereocenters. The average Bonchev–Trinajstić information content (AvgIpc) is 2.72. The molecule has 1 aromatic carbocycles. The van der Waals surface area contributed by atoms with Gasteiger partial charge in [-0.15, -0.1) is 11.3 Å². The smallest absolute Gasteiger partial charge is 0.126 e. The van der Waals surface area contributed by atoms with Gasteiger partial charge in [-0.25, -0.2) is 9.97 Å². The molecule has 0 aliphatic rings. The van der Waals surface area contributed by atoms with E-state index in [0.29, 0.717) is 5.82 Å². The van der Waals surface area contributed by atoms with Gasteiger partial charge in [0.2, 0.25) is 0 Å². The summed E-state index contributed by atoms with van der Waals surface area (Å²) in [6.07, 6.45) is 1.76. The van der Waals surface area contributed by atoms with E-state index in [1.165, 1.54) is 10.3 Å². The van der Waals surface area contributed by atoms with E-state index in [9.17, 15) is 0 Å². The summed E-state index contributed by atoms with van der Waals surface area (Å²) in [5.41, 5.74) is 8.87. The Labute approximate surface area is 103 Å². The number of hydrogen-bond donors (Lipinski definition) is 1. The third kappa shape index (κ3) is 1.87. The van der Waals surface area contributed by atoms with Crippen LogP contribution in [0.5, 0.6) is 0 Å². The first-order valence-electron chi connectivity index (χ1n) is 5.31. The number of rotatable bonds is 1. The van der Waals surface area contributed by atoms with Gasteiger partial charge in [0, 0.05) is 11.8 Å². The average molecular weight is 241 g/mol. The number of benzene rings is 1. The summed E-state index contributed by atoms with van der Waals surface area (Å²) >= 11 is 1.68. The number of aromatic nitrogens is 2. The van der Waals surface area contributed by atoms with Crippen molar-refractivity contribution in [1.29, 1.82) is 0 Å². The highest BCUT2D eigenvalue weighted by molar-refractivity contribution is 7.21. The Kier molecular flexibility index (Phi) is 2.30. The number of nitrogens with two attached hydrogens (primary N) is 1. The molecule has 0 radical (unpaired) electrons. The zero-order chi connectivity index (χ0) is 11.8. The Morgan fingerprint density at radius 3 is 2.82 bits per heavy atom. The van der Waals surface area contributed by atoms with Crippen LogP contribution in [0.2, 0.25) is 0 Å². The molecule has 0 fully saturated rings. The number of nitrogens with zero attached hydrogens (tertiary/aromatic N) is 2. The Morgan fingerprint density at radius 1 is 1.18 bits per heavy atom. The Hall–Kier alpha value is -1.94. The monoisotopic (exact) mass is 241 g/mol. The summed E-state index contributed by atoms with van der Waals surface area (Å²) in [5, 5.41) is 0.984. The lowest BCUT2D eigenvalue weighted by atomic mass is 10.2. The van der Waals surface area contributed by atoms with Crippen LogP contribution < -0.4 is 5.73 Å². The van der Waals surface area contributed by atoms with Gasteiger partial charge in [0.05, 0.1) is 10.2 Å². The van der Waals surface area contributed by atoms with Crippen molar-refractivity contribution in [2.75, 3.05) is 5.73 Å². The van der Waals surface area contributed by atoms with E-state index >= 15 is 0 Å². The van der Waals surface area contributed by atoms with Crippen molar-refractivity contribution in [3.8, 4) is 10.6 Å². The molecule has 2 aromatic heterocycles. The van der Waals surface area contributed by atoms with Gasteiger partial charge in [-0.1, -0.05) is 6.07 Å². The lowest BCUT2D eigenvalue weighted by Gasteiger charge is -1.94. The molecule has 0 saturated heterocycles. The van der Waals surface area contributed by atoms with Gasteiger partial charge in [-0.05, 0) is 36.8 Å². The number of thiazole rings is 1. The van der Waals surface area contributed by atoms with Gasteiger partial charge in [-0.2, -0.15) is 0 Å². The summed E-state index contributed by atoms with van der Waals surface area (Å²) in [6, 6.07) is 10.0. The number of pyridine rings is 1. The summed E-state index contributed by atoms with van der Waals surface area (Å²) in [6.45, 7) is 2.09. The number of nitrogen functional groups attached to an aromatic ring is 1. The summed E-state index contributed by atoms with van der Waals surface area (Å²) in [7, 11) is 0. The maximum absolute atomic E-state index is 5.57. The van der Waals surface area contributed by atoms with Crippen LogP contribution in [0.1, 0.15) is 5.56 Å². The minimum absolute atomic E-state index is 0.533. The number of anilines is 1. The van der Waals surface area contributed by atoms with E-state index in [1.807, 2.05) is 6.07 Å². The third-order valence-electron chi connectivity index (χ3n) is 2.58. The van der Waals surface area contributed by atoms with E-state index in [-0.39, 0.29) is 0 Å². The predicted octanol–water partition coefficient (Wildman–Crippen LogP) is 3.25. The Balaban J connectivity index is 2.14. The minimum atomic E-state index is 0.533. The Bertz CT molecular complexity index is 671.